The Balaban J connectivity index is 2.76. The summed E-state index contributed by atoms with van der Waals surface area (Å²) in [6, 6.07) is 1.88. The Kier molecular flexibility index (Phi) is 3.71. The van der Waals surface area contributed by atoms with Crippen LogP contribution in [-0.2, 0) is 0 Å². The smallest absolute Gasteiger partial charge is 0.224 e. The molecule has 0 unspecified atom stereocenters. The number of nitrogens with two attached hydrogens (primary N) is 1. The van der Waals surface area contributed by atoms with Crippen LogP contribution in [0.15, 0.2) is 17.3 Å². The Morgan fingerprint density at radius 2 is 2.29 bits per heavy atom. The summed E-state index contributed by atoms with van der Waals surface area (Å²) in [6.45, 7) is 4.57. The third-order valence-electron chi connectivity index (χ3n) is 1.80. The summed E-state index contributed by atoms with van der Waals surface area (Å²) in [4.78, 5) is 8.44. The minimum absolute atomic E-state index is 0.170. The van der Waals surface area contributed by atoms with Crippen LogP contribution in [0.1, 0.15) is 13.8 Å². The molecule has 78 valence electrons. The highest BCUT2D eigenvalue weighted by Gasteiger charge is 2.15. The quantitative estimate of drug-likeness (QED) is 0.582. The van der Waals surface area contributed by atoms with E-state index in [-0.39, 0.29) is 5.54 Å². The van der Waals surface area contributed by atoms with Gasteiger partial charge in [-0.25, -0.2) is 9.97 Å². The fraction of sp³-hybridized carbons (Fsp3) is 0.556. The third kappa shape index (κ3) is 3.16. The van der Waals surface area contributed by atoms with Crippen molar-refractivity contribution in [3.8, 4) is 0 Å². The van der Waals surface area contributed by atoms with E-state index < -0.39 is 0 Å². The van der Waals surface area contributed by atoms with Crippen LogP contribution in [0.5, 0.6) is 0 Å². The predicted molar refractivity (Wildman–Crippen MR) is 60.6 cm³/mol. The molecule has 0 aliphatic carbocycles. The van der Waals surface area contributed by atoms with Gasteiger partial charge in [0.2, 0.25) is 5.95 Å². The maximum absolute atomic E-state index is 5.60. The molecule has 4 nitrogen and oxygen atoms in total. The average Bonchev–Trinajstić information content (AvgIpc) is 2.17. The van der Waals surface area contributed by atoms with Crippen molar-refractivity contribution in [2.75, 3.05) is 18.1 Å². The molecule has 0 saturated carbocycles. The second kappa shape index (κ2) is 4.61. The van der Waals surface area contributed by atoms with Crippen LogP contribution in [0.3, 0.4) is 0 Å². The first-order chi connectivity index (χ1) is 6.57. The largest absolute Gasteiger partial charge is 0.348 e. The van der Waals surface area contributed by atoms with E-state index in [1.165, 1.54) is 0 Å². The number of anilines is 1. The number of thioether (sulfide) groups is 1. The van der Waals surface area contributed by atoms with Crippen LogP contribution in [-0.4, -0.2) is 28.3 Å². The zero-order valence-corrected chi connectivity index (χ0v) is 9.56. The van der Waals surface area contributed by atoms with Gasteiger partial charge in [-0.05, 0) is 26.2 Å². The number of nitrogens with one attached hydrogen (secondary N) is 1. The van der Waals surface area contributed by atoms with Gasteiger partial charge in [-0.15, -0.1) is 11.8 Å². The number of hydrogen-bond donors (Lipinski definition) is 2. The van der Waals surface area contributed by atoms with Crippen molar-refractivity contribution in [2.45, 2.75) is 24.4 Å². The molecule has 0 fully saturated rings. The summed E-state index contributed by atoms with van der Waals surface area (Å²) in [6.07, 6.45) is 3.73. The summed E-state index contributed by atoms with van der Waals surface area (Å²) >= 11 is 1.59. The lowest BCUT2D eigenvalue weighted by atomic mass is 10.1. The standard InChI is InChI=1S/C9H16N4S/c1-9(2,6-10)13-8-11-5-4-7(12-8)14-3/h4-5H,6,10H2,1-3H3,(H,11,12,13). The topological polar surface area (TPSA) is 63.8 Å². The highest BCUT2D eigenvalue weighted by molar-refractivity contribution is 7.98. The van der Waals surface area contributed by atoms with Crippen molar-refractivity contribution in [1.29, 1.82) is 0 Å². The molecule has 1 heterocycles. The molecular formula is C9H16N4S. The van der Waals surface area contributed by atoms with E-state index in [9.17, 15) is 0 Å². The Morgan fingerprint density at radius 3 is 2.86 bits per heavy atom. The van der Waals surface area contributed by atoms with Gasteiger partial charge < -0.3 is 11.1 Å². The van der Waals surface area contributed by atoms with Gasteiger partial charge in [-0.2, -0.15) is 0 Å². The SMILES string of the molecule is CSc1ccnc(NC(C)(C)CN)n1. The third-order valence-corrected chi connectivity index (χ3v) is 2.45. The van der Waals surface area contributed by atoms with Crippen LogP contribution >= 0.6 is 11.8 Å². The lowest BCUT2D eigenvalue weighted by Gasteiger charge is -2.24. The van der Waals surface area contributed by atoms with Crippen molar-refractivity contribution >= 4 is 17.7 Å². The molecular weight excluding hydrogens is 196 g/mol. The maximum atomic E-state index is 5.60. The molecule has 0 radical (unpaired) electrons. The molecule has 0 bridgehead atoms. The zero-order chi connectivity index (χ0) is 10.6. The lowest BCUT2D eigenvalue weighted by molar-refractivity contribution is 0.573. The van der Waals surface area contributed by atoms with Crippen molar-refractivity contribution < 1.29 is 0 Å². The van der Waals surface area contributed by atoms with E-state index in [0.29, 0.717) is 12.5 Å². The molecule has 1 aromatic heterocycles. The van der Waals surface area contributed by atoms with Gasteiger partial charge in [0.15, 0.2) is 0 Å². The van der Waals surface area contributed by atoms with E-state index in [1.807, 2.05) is 26.2 Å². The summed E-state index contributed by atoms with van der Waals surface area (Å²) in [5.74, 6) is 0.632. The van der Waals surface area contributed by atoms with E-state index in [0.717, 1.165) is 5.03 Å². The zero-order valence-electron chi connectivity index (χ0n) is 8.74. The average molecular weight is 212 g/mol. The summed E-state index contributed by atoms with van der Waals surface area (Å²) in [7, 11) is 0. The molecule has 0 spiro atoms. The predicted octanol–water partition coefficient (Wildman–Crippen LogP) is 1.35. The Hall–Kier alpha value is -0.810. The van der Waals surface area contributed by atoms with Gasteiger partial charge in [0.25, 0.3) is 0 Å². The van der Waals surface area contributed by atoms with Crippen LogP contribution in [0.4, 0.5) is 5.95 Å². The molecule has 0 aromatic carbocycles. The summed E-state index contributed by atoms with van der Waals surface area (Å²) in [5, 5.41) is 4.14. The number of rotatable bonds is 4. The summed E-state index contributed by atoms with van der Waals surface area (Å²) < 4.78 is 0. The normalized spacial score (nSPS) is 11.4. The van der Waals surface area contributed by atoms with E-state index in [4.69, 9.17) is 5.73 Å². The molecule has 5 heteroatoms. The van der Waals surface area contributed by atoms with Crippen LogP contribution in [0.2, 0.25) is 0 Å². The van der Waals surface area contributed by atoms with Crippen molar-refractivity contribution in [1.82, 2.24) is 9.97 Å². The Morgan fingerprint density at radius 1 is 1.57 bits per heavy atom. The summed E-state index contributed by atoms with van der Waals surface area (Å²) in [5.41, 5.74) is 5.43. The van der Waals surface area contributed by atoms with Crippen molar-refractivity contribution in [3.63, 3.8) is 0 Å². The van der Waals surface area contributed by atoms with E-state index in [1.54, 1.807) is 18.0 Å². The van der Waals surface area contributed by atoms with Gasteiger partial charge in [-0.3, -0.25) is 0 Å². The molecule has 1 rings (SSSR count). The highest BCUT2D eigenvalue weighted by atomic mass is 32.2. The molecule has 0 saturated heterocycles. The van der Waals surface area contributed by atoms with Gasteiger partial charge >= 0.3 is 0 Å². The molecule has 0 amide bonds. The minimum atomic E-state index is -0.170. The first-order valence-corrected chi connectivity index (χ1v) is 5.65. The Bertz CT molecular complexity index is 301. The molecule has 0 aliphatic heterocycles. The van der Waals surface area contributed by atoms with Crippen LogP contribution in [0.25, 0.3) is 0 Å². The van der Waals surface area contributed by atoms with Crippen molar-refractivity contribution in [3.05, 3.63) is 12.3 Å². The van der Waals surface area contributed by atoms with E-state index >= 15 is 0 Å². The van der Waals surface area contributed by atoms with Gasteiger partial charge in [0.1, 0.15) is 5.03 Å². The van der Waals surface area contributed by atoms with Gasteiger partial charge in [0, 0.05) is 18.3 Å². The first kappa shape index (κ1) is 11.3. The van der Waals surface area contributed by atoms with Gasteiger partial charge in [-0.1, -0.05) is 0 Å². The van der Waals surface area contributed by atoms with Gasteiger partial charge in [0.05, 0.1) is 0 Å². The van der Waals surface area contributed by atoms with Crippen LogP contribution < -0.4 is 11.1 Å². The second-order valence-electron chi connectivity index (χ2n) is 3.64. The highest BCUT2D eigenvalue weighted by Crippen LogP contribution is 2.14. The maximum Gasteiger partial charge on any atom is 0.224 e. The molecule has 3 N–H and O–H groups in total. The van der Waals surface area contributed by atoms with Crippen LogP contribution in [0, 0.1) is 0 Å². The number of hydrogen-bond acceptors (Lipinski definition) is 5. The van der Waals surface area contributed by atoms with E-state index in [2.05, 4.69) is 15.3 Å². The fourth-order valence-corrected chi connectivity index (χ4v) is 1.24. The monoisotopic (exact) mass is 212 g/mol. The van der Waals surface area contributed by atoms with Crippen molar-refractivity contribution in [2.24, 2.45) is 5.73 Å². The Labute approximate surface area is 88.7 Å². The number of nitrogens with zero attached hydrogens (tertiary/aromatic N) is 2. The molecule has 14 heavy (non-hydrogen) atoms. The second-order valence-corrected chi connectivity index (χ2v) is 4.46. The molecule has 1 aromatic rings. The lowest BCUT2D eigenvalue weighted by Crippen LogP contribution is -2.39. The molecule has 0 aliphatic rings. The first-order valence-electron chi connectivity index (χ1n) is 4.43. The fourth-order valence-electron chi connectivity index (χ4n) is 0.870. The number of aromatic nitrogens is 2. The molecule has 0 atom stereocenters. The minimum Gasteiger partial charge on any atom is -0.348 e.